The van der Waals surface area contributed by atoms with E-state index in [0.717, 1.165) is 0 Å². The van der Waals surface area contributed by atoms with Crippen LogP contribution in [0.4, 0.5) is 0 Å². The van der Waals surface area contributed by atoms with Crippen molar-refractivity contribution in [3.8, 4) is 11.4 Å². The zero-order valence-electron chi connectivity index (χ0n) is 8.75. The molecule has 0 aliphatic carbocycles. The second-order valence-electron chi connectivity index (χ2n) is 2.93. The van der Waals surface area contributed by atoms with Gasteiger partial charge in [0.05, 0.1) is 17.4 Å². The second-order valence-corrected chi connectivity index (χ2v) is 2.93. The monoisotopic (exact) mass is 238 g/mol. The fourth-order valence-corrected chi connectivity index (χ4v) is 1.21. The van der Waals surface area contributed by atoms with Crippen LogP contribution in [0.1, 0.15) is 10.4 Å². The molecule has 2 rings (SSSR count). The van der Waals surface area contributed by atoms with Gasteiger partial charge in [-0.15, -0.1) is 0 Å². The first-order chi connectivity index (χ1) is 7.27. The molecule has 0 aliphatic rings. The first kappa shape index (κ1) is 13.5. The van der Waals surface area contributed by atoms with Crippen LogP contribution in [0.25, 0.3) is 11.4 Å². The van der Waals surface area contributed by atoms with E-state index in [2.05, 4.69) is 9.97 Å². The summed E-state index contributed by atoms with van der Waals surface area (Å²) in [5.41, 5.74) is 1.27. The number of carbonyl (C=O) groups excluding carboxylic acids is 1. The summed E-state index contributed by atoms with van der Waals surface area (Å²) in [6.45, 7) is 0. The quantitative estimate of drug-likeness (QED) is 0.543. The number of rotatable bonds is 2. The van der Waals surface area contributed by atoms with Gasteiger partial charge in [0.1, 0.15) is 0 Å². The van der Waals surface area contributed by atoms with Gasteiger partial charge in [0.2, 0.25) is 0 Å². The van der Waals surface area contributed by atoms with E-state index in [4.69, 9.17) is 0 Å². The summed E-state index contributed by atoms with van der Waals surface area (Å²) in [6.07, 6.45) is 3.05. The van der Waals surface area contributed by atoms with Crippen molar-refractivity contribution in [1.82, 2.24) is 9.97 Å². The summed E-state index contributed by atoms with van der Waals surface area (Å²) in [6, 6.07) is 8.20. The minimum absolute atomic E-state index is 0. The Kier molecular flexibility index (Phi) is 5.24. The van der Waals surface area contributed by atoms with Crippen molar-refractivity contribution in [3.63, 3.8) is 0 Å². The summed E-state index contributed by atoms with van der Waals surface area (Å²) in [7, 11) is 0. The van der Waals surface area contributed by atoms with E-state index >= 15 is 0 Å². The molecular formula is C11H7KN2O2. The molecule has 2 aromatic rings. The van der Waals surface area contributed by atoms with Crippen LogP contribution in [0.5, 0.6) is 0 Å². The third-order valence-electron chi connectivity index (χ3n) is 1.92. The van der Waals surface area contributed by atoms with Gasteiger partial charge in [-0.2, -0.15) is 0 Å². The number of carboxylic acid groups (broad SMARTS) is 1. The standard InChI is InChI=1S/C11H8N2O2.K/c14-11(15)8-4-6-13-10(7-8)9-3-1-2-5-12-9;/h1-7H,(H,14,15);/q;+1/p-1. The van der Waals surface area contributed by atoms with Crippen molar-refractivity contribution in [3.05, 3.63) is 48.3 Å². The molecule has 0 radical (unpaired) electrons. The van der Waals surface area contributed by atoms with Crippen molar-refractivity contribution in [2.45, 2.75) is 0 Å². The molecule has 0 fully saturated rings. The Bertz CT molecular complexity index is 488. The van der Waals surface area contributed by atoms with Gasteiger partial charge in [0.25, 0.3) is 0 Å². The van der Waals surface area contributed by atoms with Crippen LogP contribution >= 0.6 is 0 Å². The van der Waals surface area contributed by atoms with Crippen LogP contribution in [-0.4, -0.2) is 15.9 Å². The zero-order chi connectivity index (χ0) is 10.7. The van der Waals surface area contributed by atoms with Gasteiger partial charge < -0.3 is 9.90 Å². The van der Waals surface area contributed by atoms with Gasteiger partial charge in [0, 0.05) is 18.0 Å². The van der Waals surface area contributed by atoms with E-state index in [1.807, 2.05) is 6.07 Å². The summed E-state index contributed by atoms with van der Waals surface area (Å²) in [5.74, 6) is -1.21. The van der Waals surface area contributed by atoms with Crippen molar-refractivity contribution in [2.24, 2.45) is 0 Å². The minimum Gasteiger partial charge on any atom is -0.545 e. The van der Waals surface area contributed by atoms with E-state index in [0.29, 0.717) is 11.4 Å². The van der Waals surface area contributed by atoms with Gasteiger partial charge in [-0.3, -0.25) is 9.97 Å². The first-order valence-electron chi connectivity index (χ1n) is 4.36. The molecule has 0 aliphatic heterocycles. The first-order valence-corrected chi connectivity index (χ1v) is 4.36. The van der Waals surface area contributed by atoms with Gasteiger partial charge in [-0.1, -0.05) is 6.07 Å². The molecule has 0 saturated heterocycles. The van der Waals surface area contributed by atoms with Crippen LogP contribution in [-0.2, 0) is 0 Å². The Labute approximate surface area is 135 Å². The summed E-state index contributed by atoms with van der Waals surface area (Å²) in [5, 5.41) is 10.6. The average molecular weight is 238 g/mol. The molecule has 4 nitrogen and oxygen atoms in total. The number of carbonyl (C=O) groups is 1. The maximum Gasteiger partial charge on any atom is 1.00 e. The molecule has 0 unspecified atom stereocenters. The zero-order valence-corrected chi connectivity index (χ0v) is 11.9. The van der Waals surface area contributed by atoms with Gasteiger partial charge >= 0.3 is 51.4 Å². The number of hydrogen-bond acceptors (Lipinski definition) is 4. The predicted octanol–water partition coefficient (Wildman–Crippen LogP) is -2.49. The molecule has 2 heterocycles. The smallest absolute Gasteiger partial charge is 0.545 e. The summed E-state index contributed by atoms with van der Waals surface area (Å²) in [4.78, 5) is 18.7. The fraction of sp³-hybridized carbons (Fsp3) is 0. The van der Waals surface area contributed by atoms with Crippen molar-refractivity contribution >= 4 is 5.97 Å². The molecule has 0 amide bonds. The maximum absolute atomic E-state index is 10.6. The number of aromatic nitrogens is 2. The van der Waals surface area contributed by atoms with Gasteiger partial charge in [-0.25, -0.2) is 0 Å². The molecule has 2 aromatic heterocycles. The molecule has 0 N–H and O–H groups in total. The molecular weight excluding hydrogens is 231 g/mol. The second kappa shape index (κ2) is 6.22. The maximum atomic E-state index is 10.6. The fourth-order valence-electron chi connectivity index (χ4n) is 1.21. The Balaban J connectivity index is 0.00000128. The Hall–Kier alpha value is -0.594. The molecule has 0 bridgehead atoms. The predicted molar refractivity (Wildman–Crippen MR) is 51.8 cm³/mol. The van der Waals surface area contributed by atoms with E-state index in [-0.39, 0.29) is 56.9 Å². The van der Waals surface area contributed by atoms with E-state index < -0.39 is 5.97 Å². The van der Waals surface area contributed by atoms with Crippen molar-refractivity contribution < 1.29 is 61.3 Å². The molecule has 16 heavy (non-hydrogen) atoms. The summed E-state index contributed by atoms with van der Waals surface area (Å²) < 4.78 is 0. The van der Waals surface area contributed by atoms with Crippen molar-refractivity contribution in [1.29, 1.82) is 0 Å². The normalized spacial score (nSPS) is 9.25. The SMILES string of the molecule is O=C([O-])c1ccnc(-c2ccccn2)c1.[K+]. The number of aromatic carboxylic acids is 1. The molecule has 74 valence electrons. The Morgan fingerprint density at radius 2 is 1.81 bits per heavy atom. The van der Waals surface area contributed by atoms with E-state index in [9.17, 15) is 9.90 Å². The molecule has 0 atom stereocenters. The third-order valence-corrected chi connectivity index (χ3v) is 1.92. The van der Waals surface area contributed by atoms with Crippen molar-refractivity contribution in [2.75, 3.05) is 0 Å². The van der Waals surface area contributed by atoms with Crippen LogP contribution in [0.3, 0.4) is 0 Å². The molecule has 0 aromatic carbocycles. The molecule has 5 heteroatoms. The molecule has 0 spiro atoms. The number of carboxylic acids is 1. The number of hydrogen-bond donors (Lipinski definition) is 0. The van der Waals surface area contributed by atoms with Crippen LogP contribution < -0.4 is 56.5 Å². The number of nitrogens with zero attached hydrogens (tertiary/aromatic N) is 2. The largest absolute Gasteiger partial charge is 1.00 e. The van der Waals surface area contributed by atoms with Gasteiger partial charge in [-0.05, 0) is 24.3 Å². The Morgan fingerprint density at radius 3 is 2.44 bits per heavy atom. The Morgan fingerprint density at radius 1 is 1.06 bits per heavy atom. The van der Waals surface area contributed by atoms with Crippen LogP contribution in [0.2, 0.25) is 0 Å². The molecule has 0 saturated carbocycles. The van der Waals surface area contributed by atoms with Crippen LogP contribution in [0, 0.1) is 0 Å². The average Bonchev–Trinajstić information content (AvgIpc) is 2.30. The number of pyridine rings is 2. The van der Waals surface area contributed by atoms with E-state index in [1.165, 1.54) is 18.3 Å². The van der Waals surface area contributed by atoms with Crippen LogP contribution in [0.15, 0.2) is 42.7 Å². The minimum atomic E-state index is -1.21. The van der Waals surface area contributed by atoms with E-state index in [1.54, 1.807) is 18.3 Å². The van der Waals surface area contributed by atoms with Gasteiger partial charge in [0.15, 0.2) is 0 Å². The third kappa shape index (κ3) is 3.20. The topological polar surface area (TPSA) is 65.9 Å². The summed E-state index contributed by atoms with van der Waals surface area (Å²) >= 11 is 0.